The monoisotopic (exact) mass is 438 g/mol. The summed E-state index contributed by atoms with van der Waals surface area (Å²) in [6.45, 7) is 0. The molecule has 1 aliphatic rings. The molecule has 31 heavy (non-hydrogen) atoms. The maximum Gasteiger partial charge on any atom is 0.251 e. The van der Waals surface area contributed by atoms with Gasteiger partial charge in [0.25, 0.3) is 5.91 Å². The summed E-state index contributed by atoms with van der Waals surface area (Å²) in [5.41, 5.74) is 2.29. The molecule has 0 saturated heterocycles. The lowest BCUT2D eigenvalue weighted by molar-refractivity contribution is -0.107. The molecule has 0 aromatic heterocycles. The van der Waals surface area contributed by atoms with Gasteiger partial charge in [-0.3, -0.25) is 4.79 Å². The Bertz CT molecular complexity index is 929. The van der Waals surface area contributed by atoms with E-state index in [1.165, 1.54) is 5.56 Å². The molecule has 2 aromatic rings. The number of aldehydes is 1. The molecule has 0 bridgehead atoms. The van der Waals surface area contributed by atoms with Crippen LogP contribution >= 0.6 is 11.6 Å². The van der Waals surface area contributed by atoms with Crippen LogP contribution in [0.5, 0.6) is 5.75 Å². The molecule has 3 rings (SSSR count). The molecule has 1 amide bonds. The maximum atomic E-state index is 12.6. The molecule has 0 radical (unpaired) electrons. The van der Waals surface area contributed by atoms with E-state index in [1.54, 1.807) is 18.2 Å². The topological polar surface area (TPSA) is 79.2 Å². The summed E-state index contributed by atoms with van der Waals surface area (Å²) in [4.78, 5) is 22.9. The van der Waals surface area contributed by atoms with E-state index in [1.807, 2.05) is 30.3 Å². The van der Waals surface area contributed by atoms with Gasteiger partial charge in [-0.05, 0) is 74.8 Å². The molecular weight excluding hydrogens is 412 g/mol. The number of nitriles is 1. The fraction of sp³-hybridized carbons (Fsp3) is 0.400. The Hall–Kier alpha value is -2.84. The van der Waals surface area contributed by atoms with Gasteiger partial charge in [0, 0.05) is 24.1 Å². The Kier molecular flexibility index (Phi) is 8.49. The minimum absolute atomic E-state index is 0.0456. The van der Waals surface area contributed by atoms with E-state index in [4.69, 9.17) is 21.6 Å². The summed E-state index contributed by atoms with van der Waals surface area (Å²) < 4.78 is 6.01. The molecule has 1 saturated carbocycles. The van der Waals surface area contributed by atoms with Crippen LogP contribution in [-0.2, 0) is 11.2 Å². The zero-order valence-corrected chi connectivity index (χ0v) is 18.2. The SMILES string of the molecule is N#Cc1ccc(O[C@H]2CC[C@H](NC(=O)c3ccc(CCCCC=O)cc3)CC2)cc1Cl. The van der Waals surface area contributed by atoms with Crippen LogP contribution in [0.25, 0.3) is 0 Å². The van der Waals surface area contributed by atoms with Gasteiger partial charge in [-0.1, -0.05) is 23.7 Å². The first-order valence-electron chi connectivity index (χ1n) is 10.8. The quantitative estimate of drug-likeness (QED) is 0.428. The van der Waals surface area contributed by atoms with Crippen LogP contribution in [0.3, 0.4) is 0 Å². The molecule has 0 atom stereocenters. The molecule has 0 aliphatic heterocycles. The minimum Gasteiger partial charge on any atom is -0.490 e. The van der Waals surface area contributed by atoms with Crippen LogP contribution in [0, 0.1) is 11.3 Å². The number of carbonyl (C=O) groups excluding carboxylic acids is 2. The van der Waals surface area contributed by atoms with Crippen molar-refractivity contribution in [1.82, 2.24) is 5.32 Å². The van der Waals surface area contributed by atoms with Gasteiger partial charge < -0.3 is 14.8 Å². The molecule has 0 unspecified atom stereocenters. The van der Waals surface area contributed by atoms with E-state index in [0.29, 0.717) is 28.3 Å². The lowest BCUT2D eigenvalue weighted by Gasteiger charge is -2.29. The third-order valence-corrected chi connectivity index (χ3v) is 5.94. The van der Waals surface area contributed by atoms with Crippen molar-refractivity contribution in [2.75, 3.05) is 0 Å². The Morgan fingerprint density at radius 2 is 1.87 bits per heavy atom. The number of amides is 1. The predicted octanol–water partition coefficient (Wildman–Crippen LogP) is 5.24. The van der Waals surface area contributed by atoms with Crippen LogP contribution in [0.15, 0.2) is 42.5 Å². The first kappa shape index (κ1) is 22.8. The molecule has 2 aromatic carbocycles. The second-order valence-electron chi connectivity index (χ2n) is 7.93. The van der Waals surface area contributed by atoms with Gasteiger partial charge in [0.05, 0.1) is 16.7 Å². The van der Waals surface area contributed by atoms with Crippen molar-refractivity contribution in [1.29, 1.82) is 5.26 Å². The molecule has 0 spiro atoms. The summed E-state index contributed by atoms with van der Waals surface area (Å²) in [6.07, 6.45) is 7.85. The molecule has 162 valence electrons. The van der Waals surface area contributed by atoms with E-state index in [0.717, 1.165) is 51.2 Å². The molecule has 0 heterocycles. The largest absolute Gasteiger partial charge is 0.490 e. The Morgan fingerprint density at radius 1 is 1.13 bits per heavy atom. The van der Waals surface area contributed by atoms with Crippen molar-refractivity contribution in [3.63, 3.8) is 0 Å². The highest BCUT2D eigenvalue weighted by molar-refractivity contribution is 6.31. The molecule has 1 aliphatic carbocycles. The van der Waals surface area contributed by atoms with Gasteiger partial charge in [-0.15, -0.1) is 0 Å². The fourth-order valence-electron chi connectivity index (χ4n) is 3.83. The lowest BCUT2D eigenvalue weighted by atomic mass is 9.92. The summed E-state index contributed by atoms with van der Waals surface area (Å²) in [5.74, 6) is 0.624. The third-order valence-electron chi connectivity index (χ3n) is 5.63. The second kappa shape index (κ2) is 11.5. The van der Waals surface area contributed by atoms with Gasteiger partial charge in [-0.25, -0.2) is 0 Å². The zero-order chi connectivity index (χ0) is 22.1. The first-order chi connectivity index (χ1) is 15.1. The van der Waals surface area contributed by atoms with Crippen molar-refractivity contribution in [3.8, 4) is 11.8 Å². The molecule has 1 N–H and O–H groups in total. The van der Waals surface area contributed by atoms with Crippen molar-refractivity contribution in [3.05, 3.63) is 64.2 Å². The van der Waals surface area contributed by atoms with Crippen molar-refractivity contribution in [2.45, 2.75) is 63.5 Å². The van der Waals surface area contributed by atoms with E-state index < -0.39 is 0 Å². The highest BCUT2D eigenvalue weighted by Gasteiger charge is 2.24. The third kappa shape index (κ3) is 6.83. The molecule has 1 fully saturated rings. The number of ether oxygens (including phenoxy) is 1. The number of unbranched alkanes of at least 4 members (excludes halogenated alkanes) is 2. The number of halogens is 1. The average molecular weight is 439 g/mol. The van der Waals surface area contributed by atoms with E-state index >= 15 is 0 Å². The van der Waals surface area contributed by atoms with Crippen LogP contribution in [0.1, 0.15) is 66.4 Å². The highest BCUT2D eigenvalue weighted by atomic mass is 35.5. The smallest absolute Gasteiger partial charge is 0.251 e. The van der Waals surface area contributed by atoms with Crippen LogP contribution in [0.4, 0.5) is 0 Å². The van der Waals surface area contributed by atoms with Gasteiger partial charge >= 0.3 is 0 Å². The van der Waals surface area contributed by atoms with Crippen molar-refractivity contribution >= 4 is 23.8 Å². The molecule has 5 nitrogen and oxygen atoms in total. The fourth-order valence-corrected chi connectivity index (χ4v) is 4.04. The minimum atomic E-state index is -0.0456. The lowest BCUT2D eigenvalue weighted by Crippen LogP contribution is -2.39. The molecule has 6 heteroatoms. The number of hydrogen-bond donors (Lipinski definition) is 1. The summed E-state index contributed by atoms with van der Waals surface area (Å²) in [7, 11) is 0. The first-order valence-corrected chi connectivity index (χ1v) is 11.2. The number of nitrogens with one attached hydrogen (secondary N) is 1. The predicted molar refractivity (Wildman–Crippen MR) is 120 cm³/mol. The van der Waals surface area contributed by atoms with E-state index in [-0.39, 0.29) is 18.1 Å². The number of rotatable bonds is 9. The maximum absolute atomic E-state index is 12.6. The molecular formula is C25H27ClN2O3. The summed E-state index contributed by atoms with van der Waals surface area (Å²) in [5, 5.41) is 12.5. The van der Waals surface area contributed by atoms with E-state index in [9.17, 15) is 9.59 Å². The standard InChI is InChI=1S/C25H27ClN2O3/c26-24-16-23(12-9-20(24)17-27)31-22-13-10-21(11-14-22)28-25(30)19-7-5-18(6-8-19)4-2-1-3-15-29/h5-9,12,15-16,21-22H,1-4,10-11,13-14H2,(H,28,30)/t21-,22-. The Labute approximate surface area is 188 Å². The Morgan fingerprint density at radius 3 is 2.52 bits per heavy atom. The van der Waals surface area contributed by atoms with Crippen LogP contribution in [0.2, 0.25) is 5.02 Å². The summed E-state index contributed by atoms with van der Waals surface area (Å²) >= 11 is 6.07. The zero-order valence-electron chi connectivity index (χ0n) is 17.5. The number of benzene rings is 2. The van der Waals surface area contributed by atoms with Gasteiger partial charge in [0.1, 0.15) is 18.1 Å². The number of nitrogens with zero attached hydrogens (tertiary/aromatic N) is 1. The van der Waals surface area contributed by atoms with Crippen LogP contribution < -0.4 is 10.1 Å². The van der Waals surface area contributed by atoms with Gasteiger partial charge in [0.2, 0.25) is 0 Å². The Balaban J connectivity index is 1.43. The van der Waals surface area contributed by atoms with Gasteiger partial charge in [-0.2, -0.15) is 5.26 Å². The number of carbonyl (C=O) groups is 2. The second-order valence-corrected chi connectivity index (χ2v) is 8.33. The normalized spacial score (nSPS) is 18.1. The van der Waals surface area contributed by atoms with Crippen molar-refractivity contribution in [2.24, 2.45) is 0 Å². The number of aryl methyl sites for hydroxylation is 1. The number of hydrogen-bond acceptors (Lipinski definition) is 4. The average Bonchev–Trinajstić information content (AvgIpc) is 2.78. The van der Waals surface area contributed by atoms with Gasteiger partial charge in [0.15, 0.2) is 0 Å². The van der Waals surface area contributed by atoms with Crippen molar-refractivity contribution < 1.29 is 14.3 Å². The highest BCUT2D eigenvalue weighted by Crippen LogP contribution is 2.27. The summed E-state index contributed by atoms with van der Waals surface area (Å²) in [6, 6.07) is 15.0. The van der Waals surface area contributed by atoms with Crippen LogP contribution in [-0.4, -0.2) is 24.3 Å². The van der Waals surface area contributed by atoms with E-state index in [2.05, 4.69) is 5.32 Å².